The highest BCUT2D eigenvalue weighted by atomic mass is 16.4. The van der Waals surface area contributed by atoms with Gasteiger partial charge in [0, 0.05) is 13.1 Å². The van der Waals surface area contributed by atoms with Crippen LogP contribution in [0.25, 0.3) is 0 Å². The van der Waals surface area contributed by atoms with Crippen LogP contribution in [0.15, 0.2) is 18.2 Å². The Morgan fingerprint density at radius 3 is 2.59 bits per heavy atom. The average molecular weight is 234 g/mol. The maximum Gasteiger partial charge on any atom is 0.354 e. The van der Waals surface area contributed by atoms with Crippen molar-refractivity contribution in [1.29, 1.82) is 0 Å². The molecule has 4 nitrogen and oxygen atoms in total. The number of aromatic nitrogens is 1. The summed E-state index contributed by atoms with van der Waals surface area (Å²) >= 11 is 0. The number of carboxylic acid groups (broad SMARTS) is 1. The smallest absolute Gasteiger partial charge is 0.354 e. The topological polar surface area (TPSA) is 53.4 Å². The summed E-state index contributed by atoms with van der Waals surface area (Å²) < 4.78 is 0. The number of pyridine rings is 1. The van der Waals surface area contributed by atoms with E-state index in [0.717, 1.165) is 18.9 Å². The number of carbonyl (C=O) groups is 1. The lowest BCUT2D eigenvalue weighted by Crippen LogP contribution is -2.39. The first-order valence-electron chi connectivity index (χ1n) is 6.01. The summed E-state index contributed by atoms with van der Waals surface area (Å²) in [5, 5.41) is 8.93. The highest BCUT2D eigenvalue weighted by molar-refractivity contribution is 5.85. The molecule has 0 spiro atoms. The van der Waals surface area contributed by atoms with Gasteiger partial charge in [-0.25, -0.2) is 9.78 Å². The SMILES string of the molecule is CC1CC(C)CN(c2cccc(C(=O)O)n2)C1. The van der Waals surface area contributed by atoms with Gasteiger partial charge in [-0.15, -0.1) is 0 Å². The van der Waals surface area contributed by atoms with E-state index in [1.807, 2.05) is 6.07 Å². The largest absolute Gasteiger partial charge is 0.477 e. The van der Waals surface area contributed by atoms with E-state index >= 15 is 0 Å². The molecule has 0 bridgehead atoms. The number of hydrogen-bond donors (Lipinski definition) is 1. The van der Waals surface area contributed by atoms with Gasteiger partial charge in [-0.05, 0) is 30.4 Å². The van der Waals surface area contributed by atoms with Gasteiger partial charge in [0.05, 0.1) is 0 Å². The Hall–Kier alpha value is -1.58. The molecule has 17 heavy (non-hydrogen) atoms. The minimum absolute atomic E-state index is 0.119. The van der Waals surface area contributed by atoms with Crippen molar-refractivity contribution in [2.75, 3.05) is 18.0 Å². The third-order valence-corrected chi connectivity index (χ3v) is 3.15. The lowest BCUT2D eigenvalue weighted by Gasteiger charge is -2.35. The van der Waals surface area contributed by atoms with E-state index in [-0.39, 0.29) is 5.69 Å². The first kappa shape index (κ1) is 11.9. The zero-order valence-electron chi connectivity index (χ0n) is 10.3. The molecule has 1 aromatic rings. The normalized spacial score (nSPS) is 24.7. The van der Waals surface area contributed by atoms with E-state index in [1.54, 1.807) is 6.07 Å². The van der Waals surface area contributed by atoms with Gasteiger partial charge in [0.25, 0.3) is 0 Å². The Bertz CT molecular complexity index is 410. The zero-order valence-corrected chi connectivity index (χ0v) is 10.3. The number of aromatic carboxylic acids is 1. The minimum atomic E-state index is -0.968. The van der Waals surface area contributed by atoms with Crippen molar-refractivity contribution in [2.45, 2.75) is 20.3 Å². The van der Waals surface area contributed by atoms with Crippen molar-refractivity contribution in [3.8, 4) is 0 Å². The summed E-state index contributed by atoms with van der Waals surface area (Å²) in [7, 11) is 0. The summed E-state index contributed by atoms with van der Waals surface area (Å²) in [5.74, 6) is 1.08. The molecular formula is C13H18N2O2. The van der Waals surface area contributed by atoms with Gasteiger partial charge in [-0.3, -0.25) is 0 Å². The number of carboxylic acids is 1. The monoisotopic (exact) mass is 234 g/mol. The molecule has 1 N–H and O–H groups in total. The number of hydrogen-bond acceptors (Lipinski definition) is 3. The molecule has 0 saturated carbocycles. The molecule has 1 aliphatic heterocycles. The van der Waals surface area contributed by atoms with Gasteiger partial charge >= 0.3 is 5.97 Å². The zero-order chi connectivity index (χ0) is 12.4. The lowest BCUT2D eigenvalue weighted by atomic mass is 9.92. The van der Waals surface area contributed by atoms with Crippen LogP contribution in [0, 0.1) is 11.8 Å². The standard InChI is InChI=1S/C13H18N2O2/c1-9-6-10(2)8-15(7-9)12-5-3-4-11(14-12)13(16)17/h3-5,9-10H,6-8H2,1-2H3,(H,16,17). The molecule has 1 saturated heterocycles. The van der Waals surface area contributed by atoms with Gasteiger partial charge in [-0.1, -0.05) is 19.9 Å². The Morgan fingerprint density at radius 2 is 2.00 bits per heavy atom. The summed E-state index contributed by atoms with van der Waals surface area (Å²) in [6, 6.07) is 5.18. The van der Waals surface area contributed by atoms with Crippen molar-refractivity contribution in [3.63, 3.8) is 0 Å². The summed E-state index contributed by atoms with van der Waals surface area (Å²) in [5.41, 5.74) is 0.119. The first-order valence-corrected chi connectivity index (χ1v) is 6.01. The molecule has 2 heterocycles. The fourth-order valence-electron chi connectivity index (χ4n) is 2.57. The third kappa shape index (κ3) is 2.75. The van der Waals surface area contributed by atoms with Crippen LogP contribution in [0.2, 0.25) is 0 Å². The van der Waals surface area contributed by atoms with Crippen LogP contribution in [0.1, 0.15) is 30.8 Å². The van der Waals surface area contributed by atoms with E-state index in [2.05, 4.69) is 23.7 Å². The highest BCUT2D eigenvalue weighted by Gasteiger charge is 2.23. The molecule has 1 aliphatic rings. The van der Waals surface area contributed by atoms with E-state index in [4.69, 9.17) is 5.11 Å². The van der Waals surface area contributed by atoms with Gasteiger partial charge in [0.15, 0.2) is 5.69 Å². The highest BCUT2D eigenvalue weighted by Crippen LogP contribution is 2.24. The molecule has 92 valence electrons. The van der Waals surface area contributed by atoms with Crippen LogP contribution < -0.4 is 4.90 Å². The van der Waals surface area contributed by atoms with Crippen molar-refractivity contribution in [3.05, 3.63) is 23.9 Å². The first-order chi connectivity index (χ1) is 8.06. The van der Waals surface area contributed by atoms with Crippen molar-refractivity contribution in [1.82, 2.24) is 4.98 Å². The molecule has 4 heteroatoms. The number of piperidine rings is 1. The Kier molecular flexibility index (Phi) is 3.31. The Morgan fingerprint density at radius 1 is 1.35 bits per heavy atom. The third-order valence-electron chi connectivity index (χ3n) is 3.15. The van der Waals surface area contributed by atoms with Crippen LogP contribution in [0.3, 0.4) is 0 Å². The molecule has 0 amide bonds. The molecule has 2 atom stereocenters. The summed E-state index contributed by atoms with van der Waals surface area (Å²) in [6.45, 7) is 6.37. The molecule has 1 aromatic heterocycles. The van der Waals surface area contributed by atoms with Crippen molar-refractivity contribution < 1.29 is 9.90 Å². The van der Waals surface area contributed by atoms with Crippen LogP contribution in [-0.2, 0) is 0 Å². The van der Waals surface area contributed by atoms with Crippen molar-refractivity contribution in [2.24, 2.45) is 11.8 Å². The maximum absolute atomic E-state index is 10.9. The fraction of sp³-hybridized carbons (Fsp3) is 0.538. The molecular weight excluding hydrogens is 216 g/mol. The second kappa shape index (κ2) is 4.73. The summed E-state index contributed by atoms with van der Waals surface area (Å²) in [4.78, 5) is 17.3. The molecule has 0 aromatic carbocycles. The van der Waals surface area contributed by atoms with Crippen LogP contribution in [0.4, 0.5) is 5.82 Å². The summed E-state index contributed by atoms with van der Waals surface area (Å²) in [6.07, 6.45) is 1.23. The average Bonchev–Trinajstić information content (AvgIpc) is 2.28. The molecule has 0 aliphatic carbocycles. The number of anilines is 1. The fourth-order valence-corrected chi connectivity index (χ4v) is 2.57. The molecule has 2 rings (SSSR count). The molecule has 1 fully saturated rings. The predicted octanol–water partition coefficient (Wildman–Crippen LogP) is 2.26. The van der Waals surface area contributed by atoms with E-state index in [1.165, 1.54) is 12.5 Å². The van der Waals surface area contributed by atoms with Gasteiger partial charge < -0.3 is 10.0 Å². The van der Waals surface area contributed by atoms with E-state index < -0.39 is 5.97 Å². The minimum Gasteiger partial charge on any atom is -0.477 e. The van der Waals surface area contributed by atoms with Crippen molar-refractivity contribution >= 4 is 11.8 Å². The van der Waals surface area contributed by atoms with E-state index in [9.17, 15) is 4.79 Å². The van der Waals surface area contributed by atoms with E-state index in [0.29, 0.717) is 11.8 Å². The maximum atomic E-state index is 10.9. The van der Waals surface area contributed by atoms with Gasteiger partial charge in [0.1, 0.15) is 5.82 Å². The predicted molar refractivity (Wildman–Crippen MR) is 66.4 cm³/mol. The quantitative estimate of drug-likeness (QED) is 0.852. The second-order valence-electron chi connectivity index (χ2n) is 5.04. The number of nitrogens with zero attached hydrogens (tertiary/aromatic N) is 2. The molecule has 0 radical (unpaired) electrons. The lowest BCUT2D eigenvalue weighted by molar-refractivity contribution is 0.0690. The van der Waals surface area contributed by atoms with Crippen LogP contribution in [-0.4, -0.2) is 29.1 Å². The van der Waals surface area contributed by atoms with Gasteiger partial charge in [-0.2, -0.15) is 0 Å². The van der Waals surface area contributed by atoms with Crippen LogP contribution in [0.5, 0.6) is 0 Å². The Labute approximate surface area is 101 Å². The number of rotatable bonds is 2. The second-order valence-corrected chi connectivity index (χ2v) is 5.04. The van der Waals surface area contributed by atoms with Crippen LogP contribution >= 0.6 is 0 Å². The Balaban J connectivity index is 2.21. The van der Waals surface area contributed by atoms with Gasteiger partial charge in [0.2, 0.25) is 0 Å². The molecule has 2 unspecified atom stereocenters.